The SMILES string of the molecule is CCCCCCCCC(=O)NN=Cc1ccc(OCCC)cc1. The normalized spacial score (nSPS) is 10.9. The summed E-state index contributed by atoms with van der Waals surface area (Å²) >= 11 is 0. The van der Waals surface area contributed by atoms with Crippen LogP contribution < -0.4 is 10.2 Å². The van der Waals surface area contributed by atoms with Gasteiger partial charge in [0.05, 0.1) is 12.8 Å². The Labute approximate surface area is 140 Å². The second-order valence-corrected chi connectivity index (χ2v) is 5.73. The minimum absolute atomic E-state index is 0.0142. The molecule has 0 aliphatic heterocycles. The van der Waals surface area contributed by atoms with Crippen molar-refractivity contribution < 1.29 is 9.53 Å². The van der Waals surface area contributed by atoms with E-state index >= 15 is 0 Å². The van der Waals surface area contributed by atoms with E-state index in [4.69, 9.17) is 4.74 Å². The first kappa shape index (κ1) is 19.2. The van der Waals surface area contributed by atoms with Crippen LogP contribution in [0, 0.1) is 0 Å². The Morgan fingerprint density at radius 2 is 1.74 bits per heavy atom. The number of hydrazone groups is 1. The number of nitrogens with zero attached hydrogens (tertiary/aromatic N) is 1. The minimum Gasteiger partial charge on any atom is -0.494 e. The average molecular weight is 318 g/mol. The predicted molar refractivity (Wildman–Crippen MR) is 96.0 cm³/mol. The standard InChI is InChI=1S/C19H30N2O2/c1-3-5-6-7-8-9-10-19(22)21-20-16-17-11-13-18(14-12-17)23-15-4-2/h11-14,16H,3-10,15H2,1-2H3,(H,21,22). The highest BCUT2D eigenvalue weighted by Gasteiger charge is 1.99. The smallest absolute Gasteiger partial charge is 0.240 e. The highest BCUT2D eigenvalue weighted by molar-refractivity contribution is 5.82. The molecule has 128 valence electrons. The van der Waals surface area contributed by atoms with Gasteiger partial charge in [-0.1, -0.05) is 46.0 Å². The van der Waals surface area contributed by atoms with Crippen molar-refractivity contribution in [3.8, 4) is 5.75 Å². The summed E-state index contributed by atoms with van der Waals surface area (Å²) in [5.41, 5.74) is 3.52. The van der Waals surface area contributed by atoms with Crippen LogP contribution in [0.4, 0.5) is 0 Å². The van der Waals surface area contributed by atoms with E-state index in [1.165, 1.54) is 25.7 Å². The number of ether oxygens (including phenoxy) is 1. The molecule has 0 fully saturated rings. The van der Waals surface area contributed by atoms with Gasteiger partial charge in [0.2, 0.25) is 5.91 Å². The molecular weight excluding hydrogens is 288 g/mol. The third-order valence-electron chi connectivity index (χ3n) is 3.51. The van der Waals surface area contributed by atoms with Crippen LogP contribution in [-0.4, -0.2) is 18.7 Å². The molecule has 1 amide bonds. The maximum atomic E-state index is 11.6. The molecule has 23 heavy (non-hydrogen) atoms. The Morgan fingerprint density at radius 3 is 2.43 bits per heavy atom. The average Bonchev–Trinajstić information content (AvgIpc) is 2.57. The van der Waals surface area contributed by atoms with E-state index in [2.05, 4.69) is 24.4 Å². The fourth-order valence-electron chi connectivity index (χ4n) is 2.17. The fourth-order valence-corrected chi connectivity index (χ4v) is 2.17. The van der Waals surface area contributed by atoms with Gasteiger partial charge in [-0.2, -0.15) is 5.10 Å². The molecule has 0 aliphatic rings. The van der Waals surface area contributed by atoms with Gasteiger partial charge in [-0.25, -0.2) is 5.43 Å². The molecule has 1 aromatic rings. The van der Waals surface area contributed by atoms with Crippen molar-refractivity contribution in [1.82, 2.24) is 5.43 Å². The van der Waals surface area contributed by atoms with Gasteiger partial charge >= 0.3 is 0 Å². The maximum Gasteiger partial charge on any atom is 0.240 e. The largest absolute Gasteiger partial charge is 0.494 e. The van der Waals surface area contributed by atoms with Gasteiger partial charge < -0.3 is 4.74 Å². The summed E-state index contributed by atoms with van der Waals surface area (Å²) in [6, 6.07) is 7.67. The predicted octanol–water partition coefficient (Wildman–Crippen LogP) is 4.68. The van der Waals surface area contributed by atoms with Gasteiger partial charge in [0.15, 0.2) is 0 Å². The molecule has 0 radical (unpaired) electrons. The Balaban J connectivity index is 2.18. The van der Waals surface area contributed by atoms with E-state index in [1.54, 1.807) is 6.21 Å². The van der Waals surface area contributed by atoms with Crippen molar-refractivity contribution in [3.63, 3.8) is 0 Å². The number of nitrogens with one attached hydrogen (secondary N) is 1. The Morgan fingerprint density at radius 1 is 1.04 bits per heavy atom. The monoisotopic (exact) mass is 318 g/mol. The topological polar surface area (TPSA) is 50.7 Å². The van der Waals surface area contributed by atoms with E-state index in [1.807, 2.05) is 24.3 Å². The van der Waals surface area contributed by atoms with Crippen LogP contribution in [0.25, 0.3) is 0 Å². The molecule has 0 spiro atoms. The molecule has 0 heterocycles. The molecule has 0 aliphatic carbocycles. The Kier molecular flexibility index (Phi) is 10.6. The number of hydrogen-bond acceptors (Lipinski definition) is 3. The molecule has 1 N–H and O–H groups in total. The van der Waals surface area contributed by atoms with Crippen molar-refractivity contribution in [2.75, 3.05) is 6.61 Å². The molecule has 0 aromatic heterocycles. The molecule has 4 nitrogen and oxygen atoms in total. The lowest BCUT2D eigenvalue weighted by Crippen LogP contribution is -2.16. The molecule has 0 saturated carbocycles. The van der Waals surface area contributed by atoms with E-state index in [0.717, 1.165) is 37.2 Å². The number of hydrogen-bond donors (Lipinski definition) is 1. The molecule has 0 bridgehead atoms. The molecule has 1 rings (SSSR count). The van der Waals surface area contributed by atoms with E-state index in [0.29, 0.717) is 6.42 Å². The van der Waals surface area contributed by atoms with E-state index < -0.39 is 0 Å². The summed E-state index contributed by atoms with van der Waals surface area (Å²) < 4.78 is 5.52. The number of amides is 1. The molecule has 4 heteroatoms. The maximum absolute atomic E-state index is 11.6. The zero-order valence-corrected chi connectivity index (χ0v) is 14.5. The lowest BCUT2D eigenvalue weighted by Gasteiger charge is -2.04. The summed E-state index contributed by atoms with van der Waals surface area (Å²) in [6.45, 7) is 5.01. The summed E-state index contributed by atoms with van der Waals surface area (Å²) in [4.78, 5) is 11.6. The number of unbranched alkanes of at least 4 members (excludes halogenated alkanes) is 5. The lowest BCUT2D eigenvalue weighted by molar-refractivity contribution is -0.121. The van der Waals surface area contributed by atoms with Crippen LogP contribution in [0.2, 0.25) is 0 Å². The molecule has 0 atom stereocenters. The lowest BCUT2D eigenvalue weighted by atomic mass is 10.1. The van der Waals surface area contributed by atoms with Gasteiger partial charge in [0, 0.05) is 6.42 Å². The first-order chi connectivity index (χ1) is 11.3. The second-order valence-electron chi connectivity index (χ2n) is 5.73. The molecule has 0 saturated heterocycles. The van der Waals surface area contributed by atoms with Gasteiger partial charge in [-0.3, -0.25) is 4.79 Å². The quantitative estimate of drug-likeness (QED) is 0.346. The van der Waals surface area contributed by atoms with Crippen LogP contribution in [0.5, 0.6) is 5.75 Å². The summed E-state index contributed by atoms with van der Waals surface area (Å²) in [7, 11) is 0. The minimum atomic E-state index is -0.0142. The van der Waals surface area contributed by atoms with Gasteiger partial charge in [0.25, 0.3) is 0 Å². The number of rotatable bonds is 12. The first-order valence-electron chi connectivity index (χ1n) is 8.81. The van der Waals surface area contributed by atoms with Crippen molar-refractivity contribution >= 4 is 12.1 Å². The zero-order chi connectivity index (χ0) is 16.8. The molecule has 1 aromatic carbocycles. The highest BCUT2D eigenvalue weighted by Crippen LogP contribution is 2.11. The van der Waals surface area contributed by atoms with E-state index in [-0.39, 0.29) is 5.91 Å². The van der Waals surface area contributed by atoms with Crippen LogP contribution in [0.3, 0.4) is 0 Å². The number of carbonyl (C=O) groups excluding carboxylic acids is 1. The number of carbonyl (C=O) groups is 1. The van der Waals surface area contributed by atoms with Crippen molar-refractivity contribution in [1.29, 1.82) is 0 Å². The van der Waals surface area contributed by atoms with Gasteiger partial charge in [-0.05, 0) is 42.7 Å². The van der Waals surface area contributed by atoms with Crippen molar-refractivity contribution in [3.05, 3.63) is 29.8 Å². The third kappa shape index (κ3) is 9.72. The molecule has 0 unspecified atom stereocenters. The van der Waals surface area contributed by atoms with Gasteiger partial charge in [-0.15, -0.1) is 0 Å². The third-order valence-corrected chi connectivity index (χ3v) is 3.51. The van der Waals surface area contributed by atoms with Crippen LogP contribution in [0.15, 0.2) is 29.4 Å². The Bertz CT molecular complexity index is 455. The van der Waals surface area contributed by atoms with Gasteiger partial charge in [0.1, 0.15) is 5.75 Å². The highest BCUT2D eigenvalue weighted by atomic mass is 16.5. The first-order valence-corrected chi connectivity index (χ1v) is 8.81. The van der Waals surface area contributed by atoms with E-state index in [9.17, 15) is 4.79 Å². The zero-order valence-electron chi connectivity index (χ0n) is 14.5. The summed E-state index contributed by atoms with van der Waals surface area (Å²) in [5, 5.41) is 4.00. The van der Waals surface area contributed by atoms with Crippen LogP contribution in [0.1, 0.15) is 70.8 Å². The van der Waals surface area contributed by atoms with Crippen molar-refractivity contribution in [2.45, 2.75) is 65.2 Å². The fraction of sp³-hybridized carbons (Fsp3) is 0.579. The summed E-state index contributed by atoms with van der Waals surface area (Å²) in [5.74, 6) is 0.843. The summed E-state index contributed by atoms with van der Waals surface area (Å²) in [6.07, 6.45) is 10.3. The van der Waals surface area contributed by atoms with Crippen molar-refractivity contribution in [2.24, 2.45) is 5.10 Å². The molecular formula is C19H30N2O2. The van der Waals surface area contributed by atoms with Crippen LogP contribution >= 0.6 is 0 Å². The van der Waals surface area contributed by atoms with Crippen LogP contribution in [-0.2, 0) is 4.79 Å². The second kappa shape index (κ2) is 12.7. The number of benzene rings is 1. The Hall–Kier alpha value is -1.84.